The summed E-state index contributed by atoms with van der Waals surface area (Å²) in [5.41, 5.74) is 1.77. The molecule has 2 unspecified atom stereocenters. The van der Waals surface area contributed by atoms with E-state index in [0.717, 1.165) is 24.0 Å². The highest BCUT2D eigenvalue weighted by atomic mass is 16.3. The average molecular weight is 569 g/mol. The Kier molecular flexibility index (Phi) is 12.5. The van der Waals surface area contributed by atoms with Gasteiger partial charge in [0.15, 0.2) is 0 Å². The summed E-state index contributed by atoms with van der Waals surface area (Å²) in [5, 5.41) is 25.0. The molecule has 230 valence electrons. The Balaban J connectivity index is 0.000000410. The van der Waals surface area contributed by atoms with Gasteiger partial charge in [-0.25, -0.2) is 0 Å². The van der Waals surface area contributed by atoms with Gasteiger partial charge in [-0.3, -0.25) is 9.59 Å². The summed E-state index contributed by atoms with van der Waals surface area (Å²) >= 11 is 0. The minimum Gasteiger partial charge on any atom is -0.508 e. The van der Waals surface area contributed by atoms with Crippen molar-refractivity contribution in [3.8, 4) is 11.5 Å². The Hall–Kier alpha value is -3.02. The van der Waals surface area contributed by atoms with E-state index >= 15 is 0 Å². The zero-order valence-electron chi connectivity index (χ0n) is 27.6. The van der Waals surface area contributed by atoms with Crippen molar-refractivity contribution in [1.82, 2.24) is 10.6 Å². The molecule has 2 aromatic carbocycles. The second-order valence-electron chi connectivity index (χ2n) is 15.6. The van der Waals surface area contributed by atoms with E-state index in [9.17, 15) is 19.8 Å². The van der Waals surface area contributed by atoms with Crippen molar-refractivity contribution in [1.29, 1.82) is 0 Å². The standard InChI is InChI=1S/C18H29NO2.C17H27NO2/c1-17(2,3)12-16(21)19-15(18(4,5)6)11-13-7-9-14(20)10-8-13;1-16(2,3)14(18-15(20)17(4,5)6)11-12-7-9-13(19)10-8-12/h7-10,15,20H,11-12H2,1-6H3,(H,19,21);7-10,14,19H,11H2,1-6H3,(H,18,20). The highest BCUT2D eigenvalue weighted by Crippen LogP contribution is 2.26. The molecule has 2 rings (SSSR count). The molecule has 0 aromatic heterocycles. The lowest BCUT2D eigenvalue weighted by Crippen LogP contribution is -2.48. The van der Waals surface area contributed by atoms with E-state index in [1.807, 2.05) is 45.0 Å². The summed E-state index contributed by atoms with van der Waals surface area (Å²) in [5.74, 6) is 0.694. The van der Waals surface area contributed by atoms with Gasteiger partial charge in [0, 0.05) is 23.9 Å². The van der Waals surface area contributed by atoms with Gasteiger partial charge >= 0.3 is 0 Å². The van der Waals surface area contributed by atoms with E-state index < -0.39 is 5.41 Å². The van der Waals surface area contributed by atoms with Crippen LogP contribution in [0.15, 0.2) is 48.5 Å². The minimum absolute atomic E-state index is 0.00887. The van der Waals surface area contributed by atoms with Gasteiger partial charge in [0.1, 0.15) is 11.5 Å². The van der Waals surface area contributed by atoms with Crippen molar-refractivity contribution in [3.05, 3.63) is 59.7 Å². The Labute approximate surface area is 249 Å². The van der Waals surface area contributed by atoms with Crippen LogP contribution >= 0.6 is 0 Å². The maximum Gasteiger partial charge on any atom is 0.225 e. The number of benzene rings is 2. The van der Waals surface area contributed by atoms with Crippen LogP contribution in [0.25, 0.3) is 0 Å². The first-order valence-electron chi connectivity index (χ1n) is 14.6. The molecule has 6 nitrogen and oxygen atoms in total. The third-order valence-electron chi connectivity index (χ3n) is 6.86. The largest absolute Gasteiger partial charge is 0.508 e. The van der Waals surface area contributed by atoms with Crippen LogP contribution in [0.5, 0.6) is 11.5 Å². The minimum atomic E-state index is -0.390. The maximum absolute atomic E-state index is 12.2. The van der Waals surface area contributed by atoms with E-state index in [1.54, 1.807) is 24.3 Å². The zero-order chi connectivity index (χ0) is 31.8. The highest BCUT2D eigenvalue weighted by molar-refractivity contribution is 5.81. The molecule has 0 spiro atoms. The molecule has 2 atom stereocenters. The first kappa shape index (κ1) is 36.0. The van der Waals surface area contributed by atoms with Crippen LogP contribution in [-0.2, 0) is 22.4 Å². The van der Waals surface area contributed by atoms with E-state index in [-0.39, 0.29) is 51.6 Å². The Morgan fingerprint density at radius 1 is 0.610 bits per heavy atom. The fourth-order valence-corrected chi connectivity index (χ4v) is 3.98. The molecule has 0 aliphatic heterocycles. The first-order valence-corrected chi connectivity index (χ1v) is 14.6. The maximum atomic E-state index is 12.2. The first-order chi connectivity index (χ1) is 18.5. The summed E-state index contributed by atoms with van der Waals surface area (Å²) in [6.45, 7) is 24.7. The van der Waals surface area contributed by atoms with Gasteiger partial charge in [0.05, 0.1) is 0 Å². The number of nitrogens with one attached hydrogen (secondary N) is 2. The van der Waals surface area contributed by atoms with Crippen molar-refractivity contribution < 1.29 is 19.8 Å². The van der Waals surface area contributed by atoms with Crippen molar-refractivity contribution >= 4 is 11.8 Å². The number of hydrogen-bond donors (Lipinski definition) is 4. The van der Waals surface area contributed by atoms with Gasteiger partial charge in [-0.1, -0.05) is 107 Å². The molecular formula is C35H56N2O4. The molecule has 2 amide bonds. The van der Waals surface area contributed by atoms with E-state index in [4.69, 9.17) is 0 Å². The quantitative estimate of drug-likeness (QED) is 0.279. The lowest BCUT2D eigenvalue weighted by Gasteiger charge is -2.34. The van der Waals surface area contributed by atoms with E-state index in [1.165, 1.54) is 0 Å². The lowest BCUT2D eigenvalue weighted by molar-refractivity contribution is -0.130. The van der Waals surface area contributed by atoms with Crippen molar-refractivity contribution in [2.45, 2.75) is 114 Å². The molecule has 0 aliphatic carbocycles. The van der Waals surface area contributed by atoms with Gasteiger partial charge in [-0.15, -0.1) is 0 Å². The molecule has 4 N–H and O–H groups in total. The second kappa shape index (κ2) is 14.2. The molecule has 0 heterocycles. The topological polar surface area (TPSA) is 98.7 Å². The number of amides is 2. The molecule has 0 aliphatic rings. The Morgan fingerprint density at radius 2 is 0.951 bits per heavy atom. The number of rotatable bonds is 7. The lowest BCUT2D eigenvalue weighted by atomic mass is 9.82. The third-order valence-corrected chi connectivity index (χ3v) is 6.86. The SMILES string of the molecule is CC(C)(C)C(=O)NC(Cc1ccc(O)cc1)C(C)(C)C.CC(C)(C)CC(=O)NC(Cc1ccc(O)cc1)C(C)(C)C. The zero-order valence-corrected chi connectivity index (χ0v) is 27.6. The van der Waals surface area contributed by atoms with Crippen molar-refractivity contribution in [2.75, 3.05) is 0 Å². The molecule has 0 saturated heterocycles. The highest BCUT2D eigenvalue weighted by Gasteiger charge is 2.31. The monoisotopic (exact) mass is 568 g/mol. The number of phenols is 2. The number of carbonyl (C=O) groups excluding carboxylic acids is 2. The normalized spacial score (nSPS) is 13.9. The van der Waals surface area contributed by atoms with Crippen LogP contribution in [0, 0.1) is 21.7 Å². The molecule has 0 saturated carbocycles. The summed E-state index contributed by atoms with van der Waals surface area (Å²) in [4.78, 5) is 24.4. The van der Waals surface area contributed by atoms with Crippen LogP contribution in [0.1, 0.15) is 101 Å². The number of aromatic hydroxyl groups is 2. The number of phenolic OH excluding ortho intramolecular Hbond substituents is 2. The van der Waals surface area contributed by atoms with Crippen molar-refractivity contribution in [3.63, 3.8) is 0 Å². The molecule has 41 heavy (non-hydrogen) atoms. The predicted molar refractivity (Wildman–Crippen MR) is 170 cm³/mol. The number of carbonyl (C=O) groups is 2. The Morgan fingerprint density at radius 3 is 1.24 bits per heavy atom. The summed E-state index contributed by atoms with van der Waals surface area (Å²) < 4.78 is 0. The Bertz CT molecular complexity index is 1090. The van der Waals surface area contributed by atoms with Crippen LogP contribution < -0.4 is 10.6 Å². The van der Waals surface area contributed by atoms with Gasteiger partial charge in [-0.2, -0.15) is 0 Å². The van der Waals surface area contributed by atoms with Crippen LogP contribution in [0.4, 0.5) is 0 Å². The van der Waals surface area contributed by atoms with Gasteiger partial charge in [-0.05, 0) is 64.5 Å². The molecule has 2 aromatic rings. The predicted octanol–water partition coefficient (Wildman–Crippen LogP) is 7.41. The second-order valence-corrected chi connectivity index (χ2v) is 15.6. The van der Waals surface area contributed by atoms with Crippen molar-refractivity contribution in [2.24, 2.45) is 21.7 Å². The third kappa shape index (κ3) is 14.4. The molecule has 0 radical (unpaired) electrons. The van der Waals surface area contributed by atoms with Crippen LogP contribution in [-0.4, -0.2) is 34.1 Å². The van der Waals surface area contributed by atoms with E-state index in [0.29, 0.717) is 6.42 Å². The fraction of sp³-hybridized carbons (Fsp3) is 0.600. The van der Waals surface area contributed by atoms with Gasteiger partial charge < -0.3 is 20.8 Å². The molecule has 6 heteroatoms. The number of hydrogen-bond acceptors (Lipinski definition) is 4. The summed E-state index contributed by atoms with van der Waals surface area (Å²) in [6, 6.07) is 14.5. The molecule has 0 bridgehead atoms. The van der Waals surface area contributed by atoms with Gasteiger partial charge in [0.2, 0.25) is 11.8 Å². The summed E-state index contributed by atoms with van der Waals surface area (Å²) in [6.07, 6.45) is 2.04. The van der Waals surface area contributed by atoms with Gasteiger partial charge in [0.25, 0.3) is 0 Å². The average Bonchev–Trinajstić information content (AvgIpc) is 2.78. The van der Waals surface area contributed by atoms with Crippen LogP contribution in [0.2, 0.25) is 0 Å². The molecule has 0 fully saturated rings. The van der Waals surface area contributed by atoms with Crippen LogP contribution in [0.3, 0.4) is 0 Å². The molecular weight excluding hydrogens is 512 g/mol. The smallest absolute Gasteiger partial charge is 0.225 e. The van der Waals surface area contributed by atoms with E-state index in [2.05, 4.69) is 72.9 Å². The summed E-state index contributed by atoms with van der Waals surface area (Å²) in [7, 11) is 0. The fourth-order valence-electron chi connectivity index (χ4n) is 3.98.